The van der Waals surface area contributed by atoms with E-state index in [1.165, 1.54) is 22.7 Å². The number of hydrogen-bond donors (Lipinski definition) is 0. The second-order valence-corrected chi connectivity index (χ2v) is 9.11. The molecular weight excluding hydrogens is 465 g/mol. The van der Waals surface area contributed by atoms with E-state index < -0.39 is 0 Å². The Labute approximate surface area is 174 Å². The van der Waals surface area contributed by atoms with E-state index in [1.807, 2.05) is 37.2 Å². The number of fused-ring (bicyclic) bond motifs is 1. The minimum absolute atomic E-state index is 0. The molecule has 3 rings (SSSR count). The third kappa shape index (κ3) is 4.93. The van der Waals surface area contributed by atoms with Gasteiger partial charge in [0.1, 0.15) is 0 Å². The van der Waals surface area contributed by atoms with E-state index in [9.17, 15) is 4.79 Å². The molecule has 0 unspecified atom stereocenters. The van der Waals surface area contributed by atoms with Crippen LogP contribution in [0.3, 0.4) is 0 Å². The summed E-state index contributed by atoms with van der Waals surface area (Å²) >= 11 is 12.3. The summed E-state index contributed by atoms with van der Waals surface area (Å²) in [4.78, 5) is 22.0. The Morgan fingerprint density at radius 2 is 1.96 bits per heavy atom. The van der Waals surface area contributed by atoms with Gasteiger partial charge in [0.25, 0.3) is 5.91 Å². The predicted molar refractivity (Wildman–Crippen MR) is 114 cm³/mol. The normalized spacial score (nSPS) is 10.9. The first-order valence-electron chi connectivity index (χ1n) is 7.22. The van der Waals surface area contributed by atoms with Crippen LogP contribution in [-0.4, -0.2) is 43.0 Å². The summed E-state index contributed by atoms with van der Waals surface area (Å²) < 4.78 is 2.66. The molecule has 0 aliphatic rings. The highest BCUT2D eigenvalue weighted by Gasteiger charge is 2.22. The molecule has 134 valence electrons. The van der Waals surface area contributed by atoms with Gasteiger partial charge >= 0.3 is 0 Å². The predicted octanol–water partition coefficient (Wildman–Crippen LogP) is 5.40. The van der Waals surface area contributed by atoms with Crippen LogP contribution < -0.4 is 4.90 Å². The molecule has 4 nitrogen and oxygen atoms in total. The van der Waals surface area contributed by atoms with Crippen molar-refractivity contribution in [3.8, 4) is 0 Å². The van der Waals surface area contributed by atoms with Crippen molar-refractivity contribution in [1.29, 1.82) is 0 Å². The van der Waals surface area contributed by atoms with E-state index in [4.69, 9.17) is 11.6 Å². The molecule has 0 atom stereocenters. The molecule has 0 aliphatic heterocycles. The summed E-state index contributed by atoms with van der Waals surface area (Å²) in [6, 6.07) is 9.45. The Hall–Kier alpha value is -0.700. The fraction of sp³-hybridized carbons (Fsp3) is 0.250. The van der Waals surface area contributed by atoms with E-state index >= 15 is 0 Å². The molecule has 0 saturated carbocycles. The zero-order chi connectivity index (χ0) is 17.3. The standard InChI is InChI=1S/C16H15BrClN3OS2.ClH/c1-20(2)7-8-21(15(22)12-5-6-14(18)23-12)16-19-11-4-3-10(17)9-13(11)24-16;/h3-6,9H,7-8H2,1-2H3;1H. The number of amides is 1. The lowest BCUT2D eigenvalue weighted by Gasteiger charge is -2.21. The molecule has 1 aromatic carbocycles. The smallest absolute Gasteiger partial charge is 0.270 e. The van der Waals surface area contributed by atoms with Crippen LogP contribution in [0.2, 0.25) is 4.34 Å². The van der Waals surface area contributed by atoms with Gasteiger partial charge in [0.2, 0.25) is 0 Å². The molecule has 0 saturated heterocycles. The van der Waals surface area contributed by atoms with Crippen LogP contribution >= 0.6 is 62.6 Å². The van der Waals surface area contributed by atoms with Crippen molar-refractivity contribution in [3.63, 3.8) is 0 Å². The molecule has 3 aromatic rings. The van der Waals surface area contributed by atoms with Crippen molar-refractivity contribution in [2.75, 3.05) is 32.1 Å². The number of carbonyl (C=O) groups is 1. The van der Waals surface area contributed by atoms with Gasteiger partial charge in [-0.2, -0.15) is 0 Å². The Balaban J connectivity index is 0.00000225. The molecule has 0 bridgehead atoms. The molecule has 9 heteroatoms. The monoisotopic (exact) mass is 479 g/mol. The zero-order valence-electron chi connectivity index (χ0n) is 13.5. The first kappa shape index (κ1) is 20.6. The highest BCUT2D eigenvalue weighted by atomic mass is 79.9. The van der Waals surface area contributed by atoms with Crippen molar-refractivity contribution in [2.24, 2.45) is 0 Å². The molecule has 25 heavy (non-hydrogen) atoms. The van der Waals surface area contributed by atoms with Gasteiger partial charge in [-0.1, -0.05) is 38.9 Å². The highest BCUT2D eigenvalue weighted by Crippen LogP contribution is 2.32. The van der Waals surface area contributed by atoms with Crippen molar-refractivity contribution in [1.82, 2.24) is 9.88 Å². The van der Waals surface area contributed by atoms with Crippen molar-refractivity contribution in [3.05, 3.63) is 44.0 Å². The summed E-state index contributed by atoms with van der Waals surface area (Å²) in [5.74, 6) is -0.0631. The van der Waals surface area contributed by atoms with Crippen LogP contribution in [0.15, 0.2) is 34.8 Å². The van der Waals surface area contributed by atoms with Gasteiger partial charge in [-0.3, -0.25) is 9.69 Å². The van der Waals surface area contributed by atoms with Crippen LogP contribution in [0, 0.1) is 0 Å². The molecule has 2 aromatic heterocycles. The number of hydrogen-bond acceptors (Lipinski definition) is 5. The fourth-order valence-electron chi connectivity index (χ4n) is 2.15. The maximum atomic E-state index is 12.9. The Morgan fingerprint density at radius 1 is 1.20 bits per heavy atom. The zero-order valence-corrected chi connectivity index (χ0v) is 18.3. The lowest BCUT2D eigenvalue weighted by Crippen LogP contribution is -2.36. The van der Waals surface area contributed by atoms with E-state index in [0.717, 1.165) is 21.2 Å². The number of carbonyl (C=O) groups excluding carboxylic acids is 1. The van der Waals surface area contributed by atoms with Gasteiger partial charge < -0.3 is 4.90 Å². The molecule has 2 heterocycles. The van der Waals surface area contributed by atoms with E-state index in [2.05, 4.69) is 20.9 Å². The van der Waals surface area contributed by atoms with Crippen LogP contribution in [0.5, 0.6) is 0 Å². The van der Waals surface area contributed by atoms with Crippen LogP contribution in [0.25, 0.3) is 10.2 Å². The Morgan fingerprint density at radius 3 is 2.60 bits per heavy atom. The maximum absolute atomic E-state index is 12.9. The molecule has 1 amide bonds. The first-order valence-corrected chi connectivity index (χ1v) is 10.0. The van der Waals surface area contributed by atoms with Crippen LogP contribution in [0.1, 0.15) is 9.67 Å². The fourth-order valence-corrected chi connectivity index (χ4v) is 4.68. The van der Waals surface area contributed by atoms with E-state index in [1.54, 1.807) is 17.0 Å². The van der Waals surface area contributed by atoms with Gasteiger partial charge in [-0.25, -0.2) is 4.98 Å². The number of nitrogens with zero attached hydrogens (tertiary/aromatic N) is 3. The number of benzene rings is 1. The average Bonchev–Trinajstić information content (AvgIpc) is 3.12. The number of likely N-dealkylation sites (N-methyl/N-ethyl adjacent to an activating group) is 1. The van der Waals surface area contributed by atoms with E-state index in [0.29, 0.717) is 20.9 Å². The number of thiazole rings is 1. The topological polar surface area (TPSA) is 36.4 Å². The Bertz CT molecular complexity index is 881. The largest absolute Gasteiger partial charge is 0.308 e. The van der Waals surface area contributed by atoms with Crippen molar-refractivity contribution >= 4 is 83.9 Å². The highest BCUT2D eigenvalue weighted by molar-refractivity contribution is 9.10. The summed E-state index contributed by atoms with van der Waals surface area (Å²) in [7, 11) is 3.97. The van der Waals surface area contributed by atoms with Gasteiger partial charge in [0.15, 0.2) is 5.13 Å². The molecular formula is C16H16BrCl2N3OS2. The molecule has 0 aliphatic carbocycles. The van der Waals surface area contributed by atoms with Crippen molar-refractivity contribution < 1.29 is 4.79 Å². The third-order valence-electron chi connectivity index (χ3n) is 3.37. The minimum Gasteiger partial charge on any atom is -0.308 e. The van der Waals surface area contributed by atoms with Crippen molar-refractivity contribution in [2.45, 2.75) is 0 Å². The molecule has 0 radical (unpaired) electrons. The maximum Gasteiger partial charge on any atom is 0.270 e. The number of thiophene rings is 1. The SMILES string of the molecule is CN(C)CCN(C(=O)c1ccc(Cl)s1)c1nc2ccc(Br)cc2s1.Cl. The molecule has 0 fully saturated rings. The summed E-state index contributed by atoms with van der Waals surface area (Å²) in [5.41, 5.74) is 0.894. The van der Waals surface area contributed by atoms with Crippen LogP contribution in [-0.2, 0) is 0 Å². The van der Waals surface area contributed by atoms with E-state index in [-0.39, 0.29) is 18.3 Å². The second-order valence-electron chi connectivity index (χ2n) is 5.47. The van der Waals surface area contributed by atoms with Gasteiger partial charge in [-0.15, -0.1) is 23.7 Å². The quantitative estimate of drug-likeness (QED) is 0.490. The first-order chi connectivity index (χ1) is 11.4. The summed E-state index contributed by atoms with van der Waals surface area (Å²) in [5, 5.41) is 0.708. The minimum atomic E-state index is -0.0631. The van der Waals surface area contributed by atoms with Gasteiger partial charge in [0.05, 0.1) is 19.4 Å². The lowest BCUT2D eigenvalue weighted by molar-refractivity contribution is 0.0989. The number of rotatable bonds is 5. The Kier molecular flexibility index (Phi) is 7.25. The number of aromatic nitrogens is 1. The number of anilines is 1. The van der Waals surface area contributed by atoms with Crippen LogP contribution in [0.4, 0.5) is 5.13 Å². The van der Waals surface area contributed by atoms with Gasteiger partial charge in [-0.05, 0) is 44.4 Å². The summed E-state index contributed by atoms with van der Waals surface area (Å²) in [6.45, 7) is 1.33. The summed E-state index contributed by atoms with van der Waals surface area (Å²) in [6.07, 6.45) is 0. The molecule has 0 spiro atoms. The average molecular weight is 481 g/mol. The second kappa shape index (κ2) is 8.79. The third-order valence-corrected chi connectivity index (χ3v) is 6.12. The molecule has 0 N–H and O–H groups in total. The van der Waals surface area contributed by atoms with Gasteiger partial charge in [0, 0.05) is 17.6 Å². The number of halogens is 3. The lowest BCUT2D eigenvalue weighted by atomic mass is 10.3.